The minimum absolute atomic E-state index is 0.549. The lowest BCUT2D eigenvalue weighted by Crippen LogP contribution is -1.99. The van der Waals surface area contributed by atoms with Crippen LogP contribution in [-0.4, -0.2) is 24.4 Å². The van der Waals surface area contributed by atoms with Gasteiger partial charge in [0.25, 0.3) is 0 Å². The predicted octanol–water partition coefficient (Wildman–Crippen LogP) is 2.40. The number of nitrogens with zero attached hydrogens (tertiary/aromatic N) is 5. The van der Waals surface area contributed by atoms with E-state index >= 15 is 0 Å². The summed E-state index contributed by atoms with van der Waals surface area (Å²) in [6.07, 6.45) is 1.74. The number of aryl methyl sites for hydroxylation is 3. The van der Waals surface area contributed by atoms with Crippen molar-refractivity contribution in [2.75, 3.05) is 0 Å². The maximum absolute atomic E-state index is 6.25. The molecule has 92 valence electrons. The fraction of sp³-hybridized carbons (Fsp3) is 0.250. The van der Waals surface area contributed by atoms with E-state index in [9.17, 15) is 0 Å². The third-order valence-corrected chi connectivity index (χ3v) is 3.37. The molecule has 3 aromatic rings. The van der Waals surface area contributed by atoms with E-state index in [1.54, 1.807) is 21.5 Å². The van der Waals surface area contributed by atoms with E-state index in [0.29, 0.717) is 5.15 Å². The van der Waals surface area contributed by atoms with Crippen LogP contribution >= 0.6 is 11.6 Å². The molecule has 0 aliphatic heterocycles. The van der Waals surface area contributed by atoms with Crippen LogP contribution in [0.5, 0.6) is 0 Å². The molecule has 5 nitrogen and oxygen atoms in total. The van der Waals surface area contributed by atoms with Crippen LogP contribution in [0.4, 0.5) is 0 Å². The van der Waals surface area contributed by atoms with Gasteiger partial charge in [0.05, 0.1) is 17.1 Å². The number of hydrogen-bond acceptors (Lipinski definition) is 3. The second-order valence-corrected chi connectivity index (χ2v) is 4.64. The third kappa shape index (κ3) is 1.51. The standard InChI is InChI=1S/C12H12ClN5/c1-7-8(2)16-18-11(13)6-9(15-12(7)18)10-4-5-14-17(10)3/h4-6H,1-3H3. The Morgan fingerprint density at radius 2 is 2.06 bits per heavy atom. The first kappa shape index (κ1) is 11.2. The Bertz CT molecular complexity index is 740. The molecule has 3 heterocycles. The van der Waals surface area contributed by atoms with Crippen molar-refractivity contribution in [3.8, 4) is 11.4 Å². The predicted molar refractivity (Wildman–Crippen MR) is 69.7 cm³/mol. The average molecular weight is 262 g/mol. The molecule has 0 fully saturated rings. The van der Waals surface area contributed by atoms with Crippen LogP contribution in [0, 0.1) is 13.8 Å². The molecule has 0 aliphatic rings. The van der Waals surface area contributed by atoms with E-state index in [4.69, 9.17) is 11.6 Å². The van der Waals surface area contributed by atoms with Gasteiger partial charge in [0.15, 0.2) is 5.65 Å². The summed E-state index contributed by atoms with van der Waals surface area (Å²) in [5.74, 6) is 0. The van der Waals surface area contributed by atoms with Gasteiger partial charge in [-0.15, -0.1) is 0 Å². The second-order valence-electron chi connectivity index (χ2n) is 4.25. The molecule has 18 heavy (non-hydrogen) atoms. The molecule has 0 amide bonds. The van der Waals surface area contributed by atoms with Gasteiger partial charge < -0.3 is 0 Å². The average Bonchev–Trinajstić information content (AvgIpc) is 2.87. The first-order chi connectivity index (χ1) is 8.58. The molecule has 0 saturated carbocycles. The zero-order chi connectivity index (χ0) is 12.9. The molecular weight excluding hydrogens is 250 g/mol. The van der Waals surface area contributed by atoms with Gasteiger partial charge in [0.1, 0.15) is 5.15 Å². The van der Waals surface area contributed by atoms with Crippen molar-refractivity contribution in [1.82, 2.24) is 24.4 Å². The molecule has 0 aliphatic carbocycles. The third-order valence-electron chi connectivity index (χ3n) is 3.10. The highest BCUT2D eigenvalue weighted by Crippen LogP contribution is 2.23. The smallest absolute Gasteiger partial charge is 0.160 e. The van der Waals surface area contributed by atoms with Crippen LogP contribution in [0.15, 0.2) is 18.3 Å². The van der Waals surface area contributed by atoms with Crippen molar-refractivity contribution in [3.05, 3.63) is 34.7 Å². The number of hydrogen-bond donors (Lipinski definition) is 0. The van der Waals surface area contributed by atoms with Gasteiger partial charge in [-0.2, -0.15) is 10.2 Å². The van der Waals surface area contributed by atoms with Crippen molar-refractivity contribution in [2.24, 2.45) is 7.05 Å². The Kier molecular flexibility index (Phi) is 2.38. The van der Waals surface area contributed by atoms with Crippen molar-refractivity contribution in [1.29, 1.82) is 0 Å². The summed E-state index contributed by atoms with van der Waals surface area (Å²) in [6, 6.07) is 3.71. The summed E-state index contributed by atoms with van der Waals surface area (Å²) < 4.78 is 3.43. The molecule has 0 aromatic carbocycles. The molecule has 0 atom stereocenters. The van der Waals surface area contributed by atoms with Crippen LogP contribution in [0.1, 0.15) is 11.3 Å². The van der Waals surface area contributed by atoms with Gasteiger partial charge >= 0.3 is 0 Å². The molecule has 3 rings (SSSR count). The van der Waals surface area contributed by atoms with E-state index in [-0.39, 0.29) is 0 Å². The molecular formula is C12H12ClN5. The zero-order valence-corrected chi connectivity index (χ0v) is 11.1. The Morgan fingerprint density at radius 3 is 2.72 bits per heavy atom. The highest BCUT2D eigenvalue weighted by molar-refractivity contribution is 6.30. The minimum Gasteiger partial charge on any atom is -0.266 e. The molecule has 0 N–H and O–H groups in total. The molecule has 0 unspecified atom stereocenters. The summed E-state index contributed by atoms with van der Waals surface area (Å²) in [5, 5.41) is 9.05. The Morgan fingerprint density at radius 1 is 1.28 bits per heavy atom. The van der Waals surface area contributed by atoms with Crippen molar-refractivity contribution in [2.45, 2.75) is 13.8 Å². The second kappa shape index (κ2) is 3.81. The lowest BCUT2D eigenvalue weighted by molar-refractivity contribution is 0.772. The summed E-state index contributed by atoms with van der Waals surface area (Å²) in [6.45, 7) is 3.94. The fourth-order valence-corrected chi connectivity index (χ4v) is 2.17. The molecule has 3 aromatic heterocycles. The summed E-state index contributed by atoms with van der Waals surface area (Å²) >= 11 is 6.25. The zero-order valence-electron chi connectivity index (χ0n) is 10.3. The minimum atomic E-state index is 0.549. The van der Waals surface area contributed by atoms with Crippen LogP contribution in [-0.2, 0) is 7.05 Å². The fourth-order valence-electron chi connectivity index (χ4n) is 1.95. The van der Waals surface area contributed by atoms with Crippen LogP contribution in [0.25, 0.3) is 17.0 Å². The van der Waals surface area contributed by atoms with Crippen LogP contribution in [0.2, 0.25) is 5.15 Å². The first-order valence-electron chi connectivity index (χ1n) is 5.59. The Labute approximate surface area is 109 Å². The lowest BCUT2D eigenvalue weighted by atomic mass is 10.2. The van der Waals surface area contributed by atoms with E-state index in [1.165, 1.54) is 0 Å². The molecule has 6 heteroatoms. The largest absolute Gasteiger partial charge is 0.266 e. The quantitative estimate of drug-likeness (QED) is 0.632. The molecule has 0 saturated heterocycles. The maximum atomic E-state index is 6.25. The van der Waals surface area contributed by atoms with Gasteiger partial charge in [-0.05, 0) is 19.9 Å². The van der Waals surface area contributed by atoms with Crippen LogP contribution in [0.3, 0.4) is 0 Å². The normalized spacial score (nSPS) is 11.3. The van der Waals surface area contributed by atoms with Gasteiger partial charge in [0, 0.05) is 24.9 Å². The van der Waals surface area contributed by atoms with E-state index in [0.717, 1.165) is 28.3 Å². The monoisotopic (exact) mass is 261 g/mol. The van der Waals surface area contributed by atoms with E-state index in [1.807, 2.05) is 27.0 Å². The summed E-state index contributed by atoms with van der Waals surface area (Å²) in [7, 11) is 1.88. The number of fused-ring (bicyclic) bond motifs is 1. The molecule has 0 radical (unpaired) electrons. The summed E-state index contributed by atoms with van der Waals surface area (Å²) in [5.41, 5.74) is 4.50. The highest BCUT2D eigenvalue weighted by atomic mass is 35.5. The summed E-state index contributed by atoms with van der Waals surface area (Å²) in [4.78, 5) is 4.61. The maximum Gasteiger partial charge on any atom is 0.160 e. The lowest BCUT2D eigenvalue weighted by Gasteiger charge is -2.04. The van der Waals surface area contributed by atoms with Crippen LogP contribution < -0.4 is 0 Å². The van der Waals surface area contributed by atoms with Gasteiger partial charge in [-0.25, -0.2) is 9.50 Å². The number of halogens is 1. The Hall–Kier alpha value is -1.88. The van der Waals surface area contributed by atoms with Gasteiger partial charge in [0.2, 0.25) is 0 Å². The Balaban J connectivity index is 2.33. The number of aromatic nitrogens is 5. The highest BCUT2D eigenvalue weighted by Gasteiger charge is 2.13. The topological polar surface area (TPSA) is 48.0 Å². The van der Waals surface area contributed by atoms with E-state index < -0.39 is 0 Å². The van der Waals surface area contributed by atoms with Crippen molar-refractivity contribution >= 4 is 17.2 Å². The van der Waals surface area contributed by atoms with Gasteiger partial charge in [-0.3, -0.25) is 4.68 Å². The molecule has 0 spiro atoms. The first-order valence-corrected chi connectivity index (χ1v) is 5.96. The van der Waals surface area contributed by atoms with E-state index in [2.05, 4.69) is 15.2 Å². The van der Waals surface area contributed by atoms with Crippen molar-refractivity contribution in [3.63, 3.8) is 0 Å². The van der Waals surface area contributed by atoms with Gasteiger partial charge in [-0.1, -0.05) is 11.6 Å². The molecule has 0 bridgehead atoms. The van der Waals surface area contributed by atoms with Crippen molar-refractivity contribution < 1.29 is 0 Å². The SMILES string of the molecule is Cc1nn2c(Cl)cc(-c3ccnn3C)nc2c1C. The number of rotatable bonds is 1.